The number of hydrogen-bond acceptors (Lipinski definition) is 6. The van der Waals surface area contributed by atoms with Crippen molar-refractivity contribution in [2.75, 3.05) is 44.7 Å². The molecular weight excluding hydrogens is 266 g/mol. The highest BCUT2D eigenvalue weighted by Crippen LogP contribution is 2.21. The third-order valence-electron chi connectivity index (χ3n) is 3.84. The molecule has 0 bridgehead atoms. The van der Waals surface area contributed by atoms with Gasteiger partial charge in [-0.2, -0.15) is 4.98 Å². The molecule has 21 heavy (non-hydrogen) atoms. The number of benzene rings is 1. The van der Waals surface area contributed by atoms with Crippen LogP contribution in [0.4, 0.5) is 5.95 Å². The van der Waals surface area contributed by atoms with E-state index in [0.717, 1.165) is 38.2 Å². The van der Waals surface area contributed by atoms with Gasteiger partial charge in [0.25, 0.3) is 11.8 Å². The van der Waals surface area contributed by atoms with Crippen molar-refractivity contribution >= 4 is 5.95 Å². The molecule has 1 aromatic carbocycles. The van der Waals surface area contributed by atoms with Crippen LogP contribution in [-0.2, 0) is 6.42 Å². The Hall–Kier alpha value is -1.92. The summed E-state index contributed by atoms with van der Waals surface area (Å²) in [7, 11) is 2.13. The van der Waals surface area contributed by atoms with Crippen LogP contribution in [0.1, 0.15) is 5.56 Å². The molecule has 0 spiro atoms. The summed E-state index contributed by atoms with van der Waals surface area (Å²) in [4.78, 5) is 8.97. The highest BCUT2D eigenvalue weighted by atomic mass is 16.5. The largest absolute Gasteiger partial charge is 0.336 e. The van der Waals surface area contributed by atoms with Crippen LogP contribution >= 0.6 is 0 Å². The summed E-state index contributed by atoms with van der Waals surface area (Å²) in [6.45, 7) is 4.58. The van der Waals surface area contributed by atoms with Gasteiger partial charge in [0.2, 0.25) is 0 Å². The van der Waals surface area contributed by atoms with E-state index in [4.69, 9.17) is 10.3 Å². The van der Waals surface area contributed by atoms with Gasteiger partial charge < -0.3 is 20.1 Å². The number of nitrogens with two attached hydrogens (primary N) is 1. The standard InChI is InChI=1S/C15H21N5O/c1-19-8-10-20(11-9-19)15-17-14(21-18-15)13-4-2-12(3-5-13)6-7-16/h2-5H,6-11,16H2,1H3. The molecule has 2 N–H and O–H groups in total. The van der Waals surface area contributed by atoms with Gasteiger partial charge in [-0.3, -0.25) is 0 Å². The molecule has 0 unspecified atom stereocenters. The number of likely N-dealkylation sites (N-methyl/N-ethyl adjacent to an activating group) is 1. The van der Waals surface area contributed by atoms with Gasteiger partial charge in [-0.25, -0.2) is 0 Å². The lowest BCUT2D eigenvalue weighted by Crippen LogP contribution is -2.44. The Morgan fingerprint density at radius 3 is 2.52 bits per heavy atom. The first-order chi connectivity index (χ1) is 10.3. The maximum absolute atomic E-state index is 5.56. The fraction of sp³-hybridized carbons (Fsp3) is 0.467. The van der Waals surface area contributed by atoms with Gasteiger partial charge in [0.15, 0.2) is 0 Å². The lowest BCUT2D eigenvalue weighted by Gasteiger charge is -2.31. The Morgan fingerprint density at radius 1 is 1.14 bits per heavy atom. The molecule has 1 aliphatic rings. The molecule has 112 valence electrons. The molecule has 0 saturated carbocycles. The molecule has 0 amide bonds. The third kappa shape index (κ3) is 3.22. The minimum Gasteiger partial charge on any atom is -0.336 e. The SMILES string of the molecule is CN1CCN(c2noc(-c3ccc(CCN)cc3)n2)CC1. The molecule has 0 aliphatic carbocycles. The Balaban J connectivity index is 1.72. The first kappa shape index (κ1) is 14.0. The Labute approximate surface area is 124 Å². The van der Waals surface area contributed by atoms with E-state index in [2.05, 4.69) is 39.1 Å². The van der Waals surface area contributed by atoms with Crippen molar-refractivity contribution in [2.24, 2.45) is 5.73 Å². The van der Waals surface area contributed by atoms with Crippen molar-refractivity contribution in [3.05, 3.63) is 29.8 Å². The zero-order valence-corrected chi connectivity index (χ0v) is 12.3. The van der Waals surface area contributed by atoms with E-state index in [1.807, 2.05) is 12.1 Å². The molecule has 2 aromatic rings. The number of rotatable bonds is 4. The predicted octanol–water partition coefficient (Wildman–Crippen LogP) is 0.990. The summed E-state index contributed by atoms with van der Waals surface area (Å²) >= 11 is 0. The topological polar surface area (TPSA) is 71.4 Å². The summed E-state index contributed by atoms with van der Waals surface area (Å²) in [5, 5.41) is 4.10. The van der Waals surface area contributed by atoms with Gasteiger partial charge in [-0.15, -0.1) is 0 Å². The summed E-state index contributed by atoms with van der Waals surface area (Å²) in [5.74, 6) is 1.26. The number of piperazine rings is 1. The summed E-state index contributed by atoms with van der Waals surface area (Å²) in [5.41, 5.74) is 7.73. The Kier molecular flexibility index (Phi) is 4.17. The van der Waals surface area contributed by atoms with Crippen LogP contribution in [0.25, 0.3) is 11.5 Å². The molecule has 0 atom stereocenters. The second-order valence-electron chi connectivity index (χ2n) is 5.43. The summed E-state index contributed by atoms with van der Waals surface area (Å²) in [6, 6.07) is 8.13. The zero-order valence-electron chi connectivity index (χ0n) is 12.3. The van der Waals surface area contributed by atoms with Crippen LogP contribution in [0.15, 0.2) is 28.8 Å². The monoisotopic (exact) mass is 287 g/mol. The molecule has 0 radical (unpaired) electrons. The summed E-state index contributed by atoms with van der Waals surface area (Å²) in [6.07, 6.45) is 0.886. The van der Waals surface area contributed by atoms with Crippen LogP contribution in [-0.4, -0.2) is 54.8 Å². The molecule has 2 heterocycles. The molecule has 1 aromatic heterocycles. The average Bonchev–Trinajstić information content (AvgIpc) is 2.99. The van der Waals surface area contributed by atoms with Crippen molar-refractivity contribution in [1.82, 2.24) is 15.0 Å². The van der Waals surface area contributed by atoms with E-state index in [9.17, 15) is 0 Å². The maximum Gasteiger partial charge on any atom is 0.266 e. The fourth-order valence-corrected chi connectivity index (χ4v) is 2.45. The first-order valence-corrected chi connectivity index (χ1v) is 7.33. The van der Waals surface area contributed by atoms with Gasteiger partial charge in [-0.05, 0) is 42.9 Å². The third-order valence-corrected chi connectivity index (χ3v) is 3.84. The average molecular weight is 287 g/mol. The minimum atomic E-state index is 0.572. The normalized spacial score (nSPS) is 16.4. The van der Waals surface area contributed by atoms with E-state index < -0.39 is 0 Å². The number of nitrogens with zero attached hydrogens (tertiary/aromatic N) is 4. The molecule has 1 fully saturated rings. The highest BCUT2D eigenvalue weighted by Gasteiger charge is 2.19. The Bertz CT molecular complexity index is 572. The van der Waals surface area contributed by atoms with Crippen molar-refractivity contribution in [3.63, 3.8) is 0 Å². The lowest BCUT2D eigenvalue weighted by molar-refractivity contribution is 0.309. The van der Waals surface area contributed by atoms with Crippen LogP contribution in [0, 0.1) is 0 Å². The molecular formula is C15H21N5O. The molecule has 1 saturated heterocycles. The fourth-order valence-electron chi connectivity index (χ4n) is 2.45. The quantitative estimate of drug-likeness (QED) is 0.904. The molecule has 6 heteroatoms. The van der Waals surface area contributed by atoms with Crippen molar-refractivity contribution in [1.29, 1.82) is 0 Å². The van der Waals surface area contributed by atoms with Crippen LogP contribution in [0.2, 0.25) is 0 Å². The number of hydrogen-bond donors (Lipinski definition) is 1. The molecule has 6 nitrogen and oxygen atoms in total. The number of aromatic nitrogens is 2. The van der Waals surface area contributed by atoms with Crippen LogP contribution in [0.3, 0.4) is 0 Å². The maximum atomic E-state index is 5.56. The van der Waals surface area contributed by atoms with Gasteiger partial charge in [0.05, 0.1) is 0 Å². The predicted molar refractivity (Wildman–Crippen MR) is 82.2 cm³/mol. The van der Waals surface area contributed by atoms with E-state index in [0.29, 0.717) is 18.4 Å². The highest BCUT2D eigenvalue weighted by molar-refractivity contribution is 5.55. The van der Waals surface area contributed by atoms with Gasteiger partial charge in [-0.1, -0.05) is 12.1 Å². The van der Waals surface area contributed by atoms with Gasteiger partial charge >= 0.3 is 0 Å². The minimum absolute atomic E-state index is 0.572. The summed E-state index contributed by atoms with van der Waals surface area (Å²) < 4.78 is 5.39. The van der Waals surface area contributed by atoms with Crippen molar-refractivity contribution < 1.29 is 4.52 Å². The van der Waals surface area contributed by atoms with E-state index in [-0.39, 0.29) is 0 Å². The van der Waals surface area contributed by atoms with E-state index in [1.165, 1.54) is 5.56 Å². The van der Waals surface area contributed by atoms with E-state index >= 15 is 0 Å². The lowest BCUT2D eigenvalue weighted by atomic mass is 10.1. The Morgan fingerprint density at radius 2 is 1.86 bits per heavy atom. The first-order valence-electron chi connectivity index (χ1n) is 7.33. The van der Waals surface area contributed by atoms with Crippen LogP contribution < -0.4 is 10.6 Å². The van der Waals surface area contributed by atoms with Gasteiger partial charge in [0.1, 0.15) is 0 Å². The number of anilines is 1. The van der Waals surface area contributed by atoms with Crippen molar-refractivity contribution in [2.45, 2.75) is 6.42 Å². The van der Waals surface area contributed by atoms with Gasteiger partial charge in [0, 0.05) is 31.7 Å². The zero-order chi connectivity index (χ0) is 14.7. The second kappa shape index (κ2) is 6.24. The smallest absolute Gasteiger partial charge is 0.266 e. The van der Waals surface area contributed by atoms with Crippen LogP contribution in [0.5, 0.6) is 0 Å². The molecule has 1 aliphatic heterocycles. The molecule has 3 rings (SSSR count). The second-order valence-corrected chi connectivity index (χ2v) is 5.43. The van der Waals surface area contributed by atoms with Crippen molar-refractivity contribution in [3.8, 4) is 11.5 Å². The van der Waals surface area contributed by atoms with E-state index in [1.54, 1.807) is 0 Å².